The fourth-order valence-electron chi connectivity index (χ4n) is 1.69. The Morgan fingerprint density at radius 2 is 1.79 bits per heavy atom. The summed E-state index contributed by atoms with van der Waals surface area (Å²) < 4.78 is 15.8. The molecule has 19 heavy (non-hydrogen) atoms. The van der Waals surface area contributed by atoms with Gasteiger partial charge in [-0.15, -0.1) is 0 Å². The average Bonchev–Trinajstić information content (AvgIpc) is 2.46. The number of hydrogen-bond acceptors (Lipinski definition) is 4. The number of aliphatic hydroxyl groups is 1. The van der Waals surface area contributed by atoms with E-state index >= 15 is 0 Å². The van der Waals surface area contributed by atoms with Crippen molar-refractivity contribution in [2.75, 3.05) is 33.5 Å². The quantitative estimate of drug-likeness (QED) is 0.661. The number of ether oxygens (including phenoxy) is 3. The Morgan fingerprint density at radius 3 is 2.47 bits per heavy atom. The van der Waals surface area contributed by atoms with Crippen LogP contribution in [-0.4, -0.2) is 44.7 Å². The molecule has 108 valence electrons. The number of methoxy groups -OCH3 is 1. The second-order valence-corrected chi connectivity index (χ2v) is 4.39. The van der Waals surface area contributed by atoms with E-state index in [4.69, 9.17) is 14.2 Å². The molecule has 0 fully saturated rings. The van der Waals surface area contributed by atoms with Crippen molar-refractivity contribution < 1.29 is 19.3 Å². The molecule has 0 heterocycles. The van der Waals surface area contributed by atoms with Crippen LogP contribution in [0.5, 0.6) is 0 Å². The standard InChI is InChI=1S/C15H24O4/c1-13(15(16)14-7-4-3-5-8-14)19-10-6-9-18-12-11-17-2/h3-5,7-8,13,15-16H,6,9-12H2,1-2H3. The second kappa shape index (κ2) is 9.92. The average molecular weight is 268 g/mol. The molecule has 4 heteroatoms. The van der Waals surface area contributed by atoms with Gasteiger partial charge in [0.15, 0.2) is 0 Å². The lowest BCUT2D eigenvalue weighted by Crippen LogP contribution is -2.20. The number of benzene rings is 1. The van der Waals surface area contributed by atoms with E-state index < -0.39 is 6.10 Å². The van der Waals surface area contributed by atoms with Gasteiger partial charge >= 0.3 is 0 Å². The van der Waals surface area contributed by atoms with Crippen LogP contribution in [0.1, 0.15) is 25.0 Å². The first-order valence-corrected chi connectivity index (χ1v) is 6.67. The van der Waals surface area contributed by atoms with Gasteiger partial charge in [0.05, 0.1) is 19.3 Å². The topological polar surface area (TPSA) is 47.9 Å². The lowest BCUT2D eigenvalue weighted by molar-refractivity contribution is -0.0356. The van der Waals surface area contributed by atoms with Crippen molar-refractivity contribution in [3.63, 3.8) is 0 Å². The first-order chi connectivity index (χ1) is 9.25. The van der Waals surface area contributed by atoms with Gasteiger partial charge in [-0.25, -0.2) is 0 Å². The largest absolute Gasteiger partial charge is 0.386 e. The van der Waals surface area contributed by atoms with E-state index in [0.717, 1.165) is 12.0 Å². The van der Waals surface area contributed by atoms with Crippen LogP contribution in [0.3, 0.4) is 0 Å². The Morgan fingerprint density at radius 1 is 1.05 bits per heavy atom. The number of hydrogen-bond donors (Lipinski definition) is 1. The van der Waals surface area contributed by atoms with Crippen LogP contribution in [0, 0.1) is 0 Å². The molecule has 0 bridgehead atoms. The highest BCUT2D eigenvalue weighted by Crippen LogP contribution is 2.18. The molecule has 0 saturated heterocycles. The predicted octanol–water partition coefficient (Wildman–Crippen LogP) is 2.18. The van der Waals surface area contributed by atoms with Crippen molar-refractivity contribution in [1.29, 1.82) is 0 Å². The number of rotatable bonds is 10. The van der Waals surface area contributed by atoms with E-state index in [-0.39, 0.29) is 6.10 Å². The Balaban J connectivity index is 2.12. The zero-order valence-electron chi connectivity index (χ0n) is 11.7. The minimum absolute atomic E-state index is 0.221. The summed E-state index contributed by atoms with van der Waals surface area (Å²) >= 11 is 0. The van der Waals surface area contributed by atoms with Gasteiger partial charge in [0.2, 0.25) is 0 Å². The van der Waals surface area contributed by atoms with E-state index in [0.29, 0.717) is 26.4 Å². The summed E-state index contributed by atoms with van der Waals surface area (Å²) in [6.45, 7) is 4.33. The smallest absolute Gasteiger partial charge is 0.105 e. The highest BCUT2D eigenvalue weighted by molar-refractivity contribution is 5.18. The SMILES string of the molecule is COCCOCCCOC(C)C(O)c1ccccc1. The van der Waals surface area contributed by atoms with Gasteiger partial charge < -0.3 is 19.3 Å². The molecule has 2 unspecified atom stereocenters. The van der Waals surface area contributed by atoms with Crippen LogP contribution in [0.2, 0.25) is 0 Å². The van der Waals surface area contributed by atoms with Gasteiger partial charge in [-0.1, -0.05) is 30.3 Å². The highest BCUT2D eigenvalue weighted by atomic mass is 16.5. The molecule has 0 aliphatic heterocycles. The van der Waals surface area contributed by atoms with Crippen molar-refractivity contribution in [3.05, 3.63) is 35.9 Å². The molecule has 0 radical (unpaired) electrons. The minimum Gasteiger partial charge on any atom is -0.386 e. The van der Waals surface area contributed by atoms with Gasteiger partial charge in [0.1, 0.15) is 6.10 Å². The summed E-state index contributed by atoms with van der Waals surface area (Å²) in [4.78, 5) is 0. The third kappa shape index (κ3) is 6.68. The molecule has 0 amide bonds. The zero-order chi connectivity index (χ0) is 13.9. The molecule has 1 N–H and O–H groups in total. The minimum atomic E-state index is -0.587. The van der Waals surface area contributed by atoms with E-state index in [1.165, 1.54) is 0 Å². The Hall–Kier alpha value is -0.940. The van der Waals surface area contributed by atoms with Gasteiger partial charge in [0, 0.05) is 20.3 Å². The molecule has 1 aromatic rings. The summed E-state index contributed by atoms with van der Waals surface area (Å²) in [7, 11) is 1.65. The molecule has 0 saturated carbocycles. The van der Waals surface area contributed by atoms with Crippen molar-refractivity contribution in [2.24, 2.45) is 0 Å². The maximum absolute atomic E-state index is 10.1. The van der Waals surface area contributed by atoms with Crippen LogP contribution in [0.15, 0.2) is 30.3 Å². The molecule has 0 aromatic heterocycles. The van der Waals surface area contributed by atoms with Crippen molar-refractivity contribution >= 4 is 0 Å². The predicted molar refractivity (Wildman–Crippen MR) is 74.1 cm³/mol. The Bertz CT molecular complexity index is 315. The van der Waals surface area contributed by atoms with Crippen molar-refractivity contribution in [1.82, 2.24) is 0 Å². The zero-order valence-corrected chi connectivity index (χ0v) is 11.7. The van der Waals surface area contributed by atoms with E-state index in [9.17, 15) is 5.11 Å². The van der Waals surface area contributed by atoms with Crippen LogP contribution in [0.4, 0.5) is 0 Å². The van der Waals surface area contributed by atoms with E-state index in [1.807, 2.05) is 37.3 Å². The van der Waals surface area contributed by atoms with Crippen LogP contribution < -0.4 is 0 Å². The van der Waals surface area contributed by atoms with Crippen LogP contribution in [-0.2, 0) is 14.2 Å². The van der Waals surface area contributed by atoms with Crippen molar-refractivity contribution in [2.45, 2.75) is 25.6 Å². The summed E-state index contributed by atoms with van der Waals surface area (Å²) in [6, 6.07) is 9.56. The molecule has 0 aliphatic carbocycles. The molecule has 1 rings (SSSR count). The third-order valence-corrected chi connectivity index (χ3v) is 2.83. The van der Waals surface area contributed by atoms with Gasteiger partial charge in [-0.3, -0.25) is 0 Å². The lowest BCUT2D eigenvalue weighted by Gasteiger charge is -2.19. The first-order valence-electron chi connectivity index (χ1n) is 6.67. The summed E-state index contributed by atoms with van der Waals surface area (Å²) in [6.07, 6.45) is 0.00670. The molecule has 1 aromatic carbocycles. The molecule has 0 aliphatic rings. The normalized spacial score (nSPS) is 14.3. The molecular weight excluding hydrogens is 244 g/mol. The van der Waals surface area contributed by atoms with Gasteiger partial charge in [-0.05, 0) is 18.9 Å². The summed E-state index contributed by atoms with van der Waals surface area (Å²) in [5.74, 6) is 0. The van der Waals surface area contributed by atoms with Gasteiger partial charge in [0.25, 0.3) is 0 Å². The van der Waals surface area contributed by atoms with E-state index in [2.05, 4.69) is 0 Å². The van der Waals surface area contributed by atoms with Gasteiger partial charge in [-0.2, -0.15) is 0 Å². The first kappa shape index (κ1) is 16.1. The third-order valence-electron chi connectivity index (χ3n) is 2.83. The van der Waals surface area contributed by atoms with Crippen LogP contribution >= 0.6 is 0 Å². The summed E-state index contributed by atoms with van der Waals surface area (Å²) in [5.41, 5.74) is 0.881. The molecule has 0 spiro atoms. The monoisotopic (exact) mass is 268 g/mol. The van der Waals surface area contributed by atoms with Crippen molar-refractivity contribution in [3.8, 4) is 0 Å². The fraction of sp³-hybridized carbons (Fsp3) is 0.600. The maximum atomic E-state index is 10.1. The van der Waals surface area contributed by atoms with Crippen LogP contribution in [0.25, 0.3) is 0 Å². The van der Waals surface area contributed by atoms with E-state index in [1.54, 1.807) is 7.11 Å². The number of aliphatic hydroxyl groups excluding tert-OH is 1. The fourth-order valence-corrected chi connectivity index (χ4v) is 1.69. The summed E-state index contributed by atoms with van der Waals surface area (Å²) in [5, 5.41) is 10.1. The second-order valence-electron chi connectivity index (χ2n) is 4.39. The maximum Gasteiger partial charge on any atom is 0.105 e. The molecule has 2 atom stereocenters. The molecular formula is C15H24O4. The lowest BCUT2D eigenvalue weighted by atomic mass is 10.1. The molecule has 4 nitrogen and oxygen atoms in total. The highest BCUT2D eigenvalue weighted by Gasteiger charge is 2.16. The Labute approximate surface area is 115 Å². The Kier molecular flexibility index (Phi) is 8.41.